The number of hydrogen-bond acceptors (Lipinski definition) is 5. The molecule has 0 spiro atoms. The van der Waals surface area contributed by atoms with Crippen LogP contribution in [0.25, 0.3) is 20.3 Å². The summed E-state index contributed by atoms with van der Waals surface area (Å²) in [5.41, 5.74) is 7.16. The van der Waals surface area contributed by atoms with E-state index in [4.69, 9.17) is 5.73 Å². The van der Waals surface area contributed by atoms with Crippen LogP contribution in [0.4, 0.5) is 5.69 Å². The Morgan fingerprint density at radius 1 is 1.42 bits per heavy atom. The van der Waals surface area contributed by atoms with Crippen molar-refractivity contribution >= 4 is 37.3 Å². The van der Waals surface area contributed by atoms with Gasteiger partial charge in [-0.25, -0.2) is 4.98 Å². The van der Waals surface area contributed by atoms with Crippen molar-refractivity contribution in [2.45, 2.75) is 6.54 Å². The Morgan fingerprint density at radius 3 is 2.95 bits per heavy atom. The molecule has 3 N–H and O–H groups in total. The fraction of sp³-hybridized carbons (Fsp3) is 0.231. The van der Waals surface area contributed by atoms with Gasteiger partial charge in [-0.2, -0.15) is 0 Å². The smallest absolute Gasteiger partial charge is 0.268 e. The first-order valence-electron chi connectivity index (χ1n) is 5.90. The molecule has 0 amide bonds. The van der Waals surface area contributed by atoms with Gasteiger partial charge in [0.25, 0.3) is 5.56 Å². The molecule has 0 aliphatic carbocycles. The highest BCUT2D eigenvalue weighted by atomic mass is 32.1. The van der Waals surface area contributed by atoms with Crippen molar-refractivity contribution in [1.29, 1.82) is 0 Å². The van der Waals surface area contributed by atoms with Crippen LogP contribution in [0, 0.1) is 0 Å². The van der Waals surface area contributed by atoms with Gasteiger partial charge >= 0.3 is 0 Å². The maximum absolute atomic E-state index is 12.1. The molecular formula is C13H14N4OS. The van der Waals surface area contributed by atoms with Crippen molar-refractivity contribution < 1.29 is 0 Å². The molecule has 0 unspecified atom stereocenters. The summed E-state index contributed by atoms with van der Waals surface area (Å²) in [7, 11) is 3.88. The summed E-state index contributed by atoms with van der Waals surface area (Å²) >= 11 is 1.45. The Hall–Kier alpha value is -1.92. The van der Waals surface area contributed by atoms with Crippen molar-refractivity contribution in [3.8, 4) is 0 Å². The van der Waals surface area contributed by atoms with E-state index in [1.807, 2.05) is 37.2 Å². The number of fused-ring (bicyclic) bond motifs is 3. The van der Waals surface area contributed by atoms with Crippen LogP contribution in [0.3, 0.4) is 0 Å². The second kappa shape index (κ2) is 4.32. The minimum atomic E-state index is -0.0818. The molecule has 2 aromatic heterocycles. The summed E-state index contributed by atoms with van der Waals surface area (Å²) in [6.07, 6.45) is 0. The van der Waals surface area contributed by atoms with Gasteiger partial charge in [0.05, 0.1) is 12.1 Å². The van der Waals surface area contributed by atoms with Gasteiger partial charge in [-0.05, 0) is 32.3 Å². The molecule has 3 rings (SSSR count). The van der Waals surface area contributed by atoms with Gasteiger partial charge in [-0.15, -0.1) is 11.3 Å². The number of nitrogens with two attached hydrogens (primary N) is 1. The SMILES string of the molecule is CN(C)Cc1nc2c(sc3ccc(N)cc32)c(=O)[nH]1. The Bertz CT molecular complexity index is 818. The van der Waals surface area contributed by atoms with Gasteiger partial charge < -0.3 is 15.6 Å². The number of H-pyrrole nitrogens is 1. The number of thiophene rings is 1. The first-order chi connectivity index (χ1) is 9.04. The van der Waals surface area contributed by atoms with E-state index >= 15 is 0 Å². The summed E-state index contributed by atoms with van der Waals surface area (Å²) < 4.78 is 1.69. The first-order valence-corrected chi connectivity index (χ1v) is 6.72. The topological polar surface area (TPSA) is 75.0 Å². The van der Waals surface area contributed by atoms with Crippen LogP contribution < -0.4 is 11.3 Å². The molecule has 3 aromatic rings. The summed E-state index contributed by atoms with van der Waals surface area (Å²) in [6, 6.07) is 5.65. The molecule has 0 atom stereocenters. The van der Waals surface area contributed by atoms with Gasteiger partial charge in [0, 0.05) is 15.8 Å². The molecule has 98 valence electrons. The lowest BCUT2D eigenvalue weighted by atomic mass is 10.2. The minimum Gasteiger partial charge on any atom is -0.399 e. The number of aromatic nitrogens is 2. The third kappa shape index (κ3) is 2.09. The predicted molar refractivity (Wildman–Crippen MR) is 79.6 cm³/mol. The van der Waals surface area contributed by atoms with Gasteiger partial charge in [0.15, 0.2) is 0 Å². The van der Waals surface area contributed by atoms with Crippen molar-refractivity contribution in [1.82, 2.24) is 14.9 Å². The number of benzene rings is 1. The molecule has 0 saturated carbocycles. The normalized spacial score (nSPS) is 11.7. The Kier molecular flexibility index (Phi) is 2.76. The standard InChI is InChI=1S/C13H14N4OS/c1-17(2)6-10-15-11-8-5-7(14)3-4-9(8)19-12(11)13(18)16-10/h3-5H,6,14H2,1-2H3,(H,15,16,18). The van der Waals surface area contributed by atoms with E-state index in [0.717, 1.165) is 15.6 Å². The van der Waals surface area contributed by atoms with Crippen LogP contribution in [-0.2, 0) is 6.54 Å². The third-order valence-corrected chi connectivity index (χ3v) is 4.02. The fourth-order valence-corrected chi connectivity index (χ4v) is 3.11. The molecule has 0 aliphatic rings. The summed E-state index contributed by atoms with van der Waals surface area (Å²) in [5, 5.41) is 0.950. The lowest BCUT2D eigenvalue weighted by molar-refractivity contribution is 0.390. The van der Waals surface area contributed by atoms with E-state index in [1.165, 1.54) is 11.3 Å². The molecule has 19 heavy (non-hydrogen) atoms. The zero-order valence-corrected chi connectivity index (χ0v) is 11.5. The molecular weight excluding hydrogens is 260 g/mol. The van der Waals surface area contributed by atoms with Crippen molar-refractivity contribution in [2.24, 2.45) is 0 Å². The van der Waals surface area contributed by atoms with E-state index in [9.17, 15) is 4.79 Å². The van der Waals surface area contributed by atoms with Crippen molar-refractivity contribution in [3.05, 3.63) is 34.4 Å². The first kappa shape index (κ1) is 12.1. The third-order valence-electron chi connectivity index (χ3n) is 2.86. The van der Waals surface area contributed by atoms with Crippen LogP contribution in [-0.4, -0.2) is 29.0 Å². The lowest BCUT2D eigenvalue weighted by Crippen LogP contribution is -2.17. The number of hydrogen-bond donors (Lipinski definition) is 2. The molecule has 0 radical (unpaired) electrons. The zero-order chi connectivity index (χ0) is 13.6. The van der Waals surface area contributed by atoms with Gasteiger partial charge in [0.2, 0.25) is 0 Å². The monoisotopic (exact) mass is 274 g/mol. The highest BCUT2D eigenvalue weighted by Gasteiger charge is 2.11. The molecule has 5 nitrogen and oxygen atoms in total. The summed E-state index contributed by atoms with van der Waals surface area (Å²) in [4.78, 5) is 21.5. The van der Waals surface area contributed by atoms with E-state index in [2.05, 4.69) is 9.97 Å². The van der Waals surface area contributed by atoms with E-state index in [1.54, 1.807) is 0 Å². The average molecular weight is 274 g/mol. The Labute approximate surface area is 113 Å². The maximum Gasteiger partial charge on any atom is 0.268 e. The van der Waals surface area contributed by atoms with Crippen LogP contribution in [0.15, 0.2) is 23.0 Å². The van der Waals surface area contributed by atoms with Gasteiger partial charge in [-0.3, -0.25) is 4.79 Å². The van der Waals surface area contributed by atoms with Crippen molar-refractivity contribution in [3.63, 3.8) is 0 Å². The lowest BCUT2D eigenvalue weighted by Gasteiger charge is -2.08. The Morgan fingerprint density at radius 2 is 2.21 bits per heavy atom. The number of nitrogens with zero attached hydrogens (tertiary/aromatic N) is 2. The van der Waals surface area contributed by atoms with Crippen LogP contribution in [0.2, 0.25) is 0 Å². The van der Waals surface area contributed by atoms with Crippen LogP contribution in [0.1, 0.15) is 5.82 Å². The van der Waals surface area contributed by atoms with Crippen LogP contribution >= 0.6 is 11.3 Å². The second-order valence-corrected chi connectivity index (χ2v) is 5.84. The highest BCUT2D eigenvalue weighted by molar-refractivity contribution is 7.25. The summed E-state index contributed by atoms with van der Waals surface area (Å²) in [6.45, 7) is 0.602. The Balaban J connectivity index is 2.34. The number of aromatic amines is 1. The van der Waals surface area contributed by atoms with Crippen LogP contribution in [0.5, 0.6) is 0 Å². The number of rotatable bonds is 2. The quantitative estimate of drug-likeness (QED) is 0.699. The number of nitrogens with one attached hydrogen (secondary N) is 1. The molecule has 0 bridgehead atoms. The number of anilines is 1. The van der Waals surface area contributed by atoms with Crippen molar-refractivity contribution in [2.75, 3.05) is 19.8 Å². The van der Waals surface area contributed by atoms with Gasteiger partial charge in [-0.1, -0.05) is 0 Å². The predicted octanol–water partition coefficient (Wildman–Crippen LogP) is 1.78. The van der Waals surface area contributed by atoms with E-state index in [0.29, 0.717) is 22.8 Å². The van der Waals surface area contributed by atoms with Gasteiger partial charge in [0.1, 0.15) is 10.5 Å². The molecule has 6 heteroatoms. The molecule has 1 aromatic carbocycles. The maximum atomic E-state index is 12.1. The van der Waals surface area contributed by atoms with E-state index in [-0.39, 0.29) is 5.56 Å². The number of nitrogen functional groups attached to an aromatic ring is 1. The summed E-state index contributed by atoms with van der Waals surface area (Å²) in [5.74, 6) is 0.671. The average Bonchev–Trinajstić information content (AvgIpc) is 2.67. The molecule has 0 fully saturated rings. The molecule has 0 aliphatic heterocycles. The minimum absolute atomic E-state index is 0.0818. The molecule has 0 saturated heterocycles. The van der Waals surface area contributed by atoms with E-state index < -0.39 is 0 Å². The second-order valence-electron chi connectivity index (χ2n) is 4.79. The largest absolute Gasteiger partial charge is 0.399 e. The zero-order valence-electron chi connectivity index (χ0n) is 10.7. The fourth-order valence-electron chi connectivity index (χ4n) is 2.09. The molecule has 2 heterocycles. The highest BCUT2D eigenvalue weighted by Crippen LogP contribution is 2.31.